The molecule has 0 aliphatic carbocycles. The van der Waals surface area contributed by atoms with Crippen LogP contribution in [0.5, 0.6) is 5.88 Å². The van der Waals surface area contributed by atoms with Crippen molar-refractivity contribution in [3.8, 4) is 5.88 Å². The molecule has 8 nitrogen and oxygen atoms in total. The van der Waals surface area contributed by atoms with Crippen LogP contribution >= 0.6 is 0 Å². The number of rotatable bonds is 7. The standard InChI is InChI=1S/C10H16N4O4/c1-4-11-10-12-5-8(14(15)16)9(13-10)18-7(2)6-17-3/h5,7H,4,6H2,1-3H3,(H,11,12,13). The molecule has 0 aromatic carbocycles. The molecule has 18 heavy (non-hydrogen) atoms. The summed E-state index contributed by atoms with van der Waals surface area (Å²) in [5.74, 6) is 0.234. The lowest BCUT2D eigenvalue weighted by atomic mass is 10.4. The number of hydrogen-bond donors (Lipinski definition) is 1. The fraction of sp³-hybridized carbons (Fsp3) is 0.600. The lowest BCUT2D eigenvalue weighted by Crippen LogP contribution is -2.19. The van der Waals surface area contributed by atoms with E-state index in [1.54, 1.807) is 6.92 Å². The summed E-state index contributed by atoms with van der Waals surface area (Å²) < 4.78 is 10.3. The van der Waals surface area contributed by atoms with Crippen LogP contribution in [-0.4, -0.2) is 41.3 Å². The van der Waals surface area contributed by atoms with Crippen LogP contribution in [0.4, 0.5) is 11.6 Å². The van der Waals surface area contributed by atoms with E-state index in [0.717, 1.165) is 6.20 Å². The average molecular weight is 256 g/mol. The van der Waals surface area contributed by atoms with Crippen molar-refractivity contribution in [3.63, 3.8) is 0 Å². The summed E-state index contributed by atoms with van der Waals surface area (Å²) >= 11 is 0. The summed E-state index contributed by atoms with van der Waals surface area (Å²) in [6.45, 7) is 4.55. The first-order valence-corrected chi connectivity index (χ1v) is 5.49. The van der Waals surface area contributed by atoms with Crippen LogP contribution in [0.3, 0.4) is 0 Å². The summed E-state index contributed by atoms with van der Waals surface area (Å²) in [6, 6.07) is 0. The van der Waals surface area contributed by atoms with Crippen molar-refractivity contribution >= 4 is 11.6 Å². The molecule has 0 saturated heterocycles. The predicted octanol–water partition coefficient (Wildman–Crippen LogP) is 1.23. The Bertz CT molecular complexity index is 413. The van der Waals surface area contributed by atoms with Crippen LogP contribution in [0.25, 0.3) is 0 Å². The predicted molar refractivity (Wildman–Crippen MR) is 64.8 cm³/mol. The third kappa shape index (κ3) is 3.81. The second kappa shape index (κ2) is 6.70. The van der Waals surface area contributed by atoms with Crippen molar-refractivity contribution in [2.24, 2.45) is 0 Å². The molecule has 0 aliphatic heterocycles. The second-order valence-electron chi connectivity index (χ2n) is 3.56. The van der Waals surface area contributed by atoms with Gasteiger partial charge in [-0.25, -0.2) is 4.98 Å². The van der Waals surface area contributed by atoms with Crippen molar-refractivity contribution < 1.29 is 14.4 Å². The molecule has 0 saturated carbocycles. The Labute approximate surface area is 104 Å². The SMILES string of the molecule is CCNc1ncc([N+](=O)[O-])c(OC(C)COC)n1. The molecular weight excluding hydrogens is 240 g/mol. The van der Waals surface area contributed by atoms with Gasteiger partial charge in [0.15, 0.2) is 0 Å². The van der Waals surface area contributed by atoms with Gasteiger partial charge >= 0.3 is 5.69 Å². The Hall–Kier alpha value is -1.96. The van der Waals surface area contributed by atoms with E-state index < -0.39 is 4.92 Å². The molecule has 1 rings (SSSR count). The fourth-order valence-electron chi connectivity index (χ4n) is 1.27. The summed E-state index contributed by atoms with van der Waals surface area (Å²) in [5, 5.41) is 13.7. The molecule has 1 unspecified atom stereocenters. The molecule has 8 heteroatoms. The molecule has 0 fully saturated rings. The molecule has 0 radical (unpaired) electrons. The second-order valence-corrected chi connectivity index (χ2v) is 3.56. The minimum Gasteiger partial charge on any atom is -0.467 e. The highest BCUT2D eigenvalue weighted by molar-refractivity contribution is 5.43. The average Bonchev–Trinajstić information content (AvgIpc) is 2.29. The molecule has 1 aromatic heterocycles. The lowest BCUT2D eigenvalue weighted by molar-refractivity contribution is -0.386. The van der Waals surface area contributed by atoms with Crippen LogP contribution in [-0.2, 0) is 4.74 Å². The summed E-state index contributed by atoms with van der Waals surface area (Å²) in [6.07, 6.45) is 0.790. The van der Waals surface area contributed by atoms with E-state index >= 15 is 0 Å². The molecule has 1 aromatic rings. The Morgan fingerprint density at radius 2 is 2.33 bits per heavy atom. The van der Waals surface area contributed by atoms with E-state index in [-0.39, 0.29) is 17.7 Å². The van der Waals surface area contributed by atoms with E-state index in [4.69, 9.17) is 9.47 Å². The highest BCUT2D eigenvalue weighted by Gasteiger charge is 2.20. The molecular formula is C10H16N4O4. The van der Waals surface area contributed by atoms with Crippen LogP contribution in [0.2, 0.25) is 0 Å². The van der Waals surface area contributed by atoms with Gasteiger partial charge in [-0.1, -0.05) is 0 Å². The van der Waals surface area contributed by atoms with Crippen molar-refractivity contribution in [2.45, 2.75) is 20.0 Å². The topological polar surface area (TPSA) is 99.4 Å². The minimum absolute atomic E-state index is 0.0597. The van der Waals surface area contributed by atoms with Gasteiger partial charge in [-0.05, 0) is 13.8 Å². The normalized spacial score (nSPS) is 11.9. The summed E-state index contributed by atoms with van der Waals surface area (Å²) in [4.78, 5) is 18.0. The molecule has 0 bridgehead atoms. The zero-order chi connectivity index (χ0) is 13.5. The smallest absolute Gasteiger partial charge is 0.349 e. The van der Waals surface area contributed by atoms with Crippen molar-refractivity contribution in [2.75, 3.05) is 25.6 Å². The minimum atomic E-state index is -0.579. The number of nitrogens with one attached hydrogen (secondary N) is 1. The van der Waals surface area contributed by atoms with Gasteiger partial charge in [0.05, 0.1) is 11.5 Å². The maximum atomic E-state index is 10.8. The van der Waals surface area contributed by atoms with Gasteiger partial charge in [0.1, 0.15) is 12.3 Å². The van der Waals surface area contributed by atoms with Gasteiger partial charge in [-0.15, -0.1) is 0 Å². The van der Waals surface area contributed by atoms with Crippen LogP contribution in [0.1, 0.15) is 13.8 Å². The number of nitro groups is 1. The van der Waals surface area contributed by atoms with E-state index in [9.17, 15) is 10.1 Å². The zero-order valence-electron chi connectivity index (χ0n) is 10.5. The Morgan fingerprint density at radius 3 is 2.89 bits per heavy atom. The van der Waals surface area contributed by atoms with Crippen molar-refractivity contribution in [1.29, 1.82) is 0 Å². The van der Waals surface area contributed by atoms with Crippen molar-refractivity contribution in [3.05, 3.63) is 16.3 Å². The van der Waals surface area contributed by atoms with Gasteiger partial charge in [0.2, 0.25) is 5.95 Å². The van der Waals surface area contributed by atoms with Gasteiger partial charge in [0.25, 0.3) is 5.88 Å². The van der Waals surface area contributed by atoms with E-state index in [1.807, 2.05) is 6.92 Å². The highest BCUT2D eigenvalue weighted by atomic mass is 16.6. The van der Waals surface area contributed by atoms with Gasteiger partial charge in [-0.3, -0.25) is 10.1 Å². The zero-order valence-corrected chi connectivity index (χ0v) is 10.5. The number of hydrogen-bond acceptors (Lipinski definition) is 7. The number of anilines is 1. The first kappa shape index (κ1) is 14.1. The molecule has 0 spiro atoms. The third-order valence-electron chi connectivity index (χ3n) is 1.98. The molecule has 1 heterocycles. The number of methoxy groups -OCH3 is 1. The largest absolute Gasteiger partial charge is 0.467 e. The Kier molecular flexibility index (Phi) is 5.25. The molecule has 1 N–H and O–H groups in total. The molecule has 100 valence electrons. The molecule has 0 amide bonds. The van der Waals surface area contributed by atoms with E-state index in [0.29, 0.717) is 19.1 Å². The Balaban J connectivity index is 2.95. The monoisotopic (exact) mass is 256 g/mol. The van der Waals surface area contributed by atoms with Crippen molar-refractivity contribution in [1.82, 2.24) is 9.97 Å². The maximum absolute atomic E-state index is 10.8. The van der Waals surface area contributed by atoms with Gasteiger partial charge in [-0.2, -0.15) is 4.98 Å². The molecule has 0 aliphatic rings. The first-order chi connectivity index (χ1) is 8.58. The Morgan fingerprint density at radius 1 is 1.61 bits per heavy atom. The number of nitrogens with zero attached hydrogens (tertiary/aromatic N) is 3. The van der Waals surface area contributed by atoms with E-state index in [1.165, 1.54) is 7.11 Å². The first-order valence-electron chi connectivity index (χ1n) is 5.49. The number of aromatic nitrogens is 2. The summed E-state index contributed by atoms with van der Waals surface area (Å²) in [7, 11) is 1.53. The van der Waals surface area contributed by atoms with Crippen LogP contribution in [0, 0.1) is 10.1 Å². The quantitative estimate of drug-likeness (QED) is 0.578. The maximum Gasteiger partial charge on any atom is 0.349 e. The molecule has 1 atom stereocenters. The van der Waals surface area contributed by atoms with Gasteiger partial charge < -0.3 is 14.8 Å². The van der Waals surface area contributed by atoms with E-state index in [2.05, 4.69) is 15.3 Å². The highest BCUT2D eigenvalue weighted by Crippen LogP contribution is 2.25. The number of ether oxygens (including phenoxy) is 2. The fourth-order valence-corrected chi connectivity index (χ4v) is 1.27. The van der Waals surface area contributed by atoms with Gasteiger partial charge in [0, 0.05) is 13.7 Å². The van der Waals surface area contributed by atoms with Crippen LogP contribution in [0.15, 0.2) is 6.20 Å². The third-order valence-corrected chi connectivity index (χ3v) is 1.98. The lowest BCUT2D eigenvalue weighted by Gasteiger charge is -2.13. The van der Waals surface area contributed by atoms with Crippen LogP contribution < -0.4 is 10.1 Å². The summed E-state index contributed by atoms with van der Waals surface area (Å²) in [5.41, 5.74) is -0.264.